The molecule has 0 N–H and O–H groups in total. The summed E-state index contributed by atoms with van der Waals surface area (Å²) in [5.41, 5.74) is 0.751. The highest BCUT2D eigenvalue weighted by atomic mass is 35.5. The summed E-state index contributed by atoms with van der Waals surface area (Å²) < 4.78 is 22.3. The standard InChI is InChI=1S/C23H16Cl2O5/c1-27-19-7-2-3-8-20(19)30-22-13-29-21-11-14(9-10-15(21)23(22)26)28-12-16-17(24)5-4-6-18(16)25/h2-11,13H,12H2,1H3. The SMILES string of the molecule is COc1ccccc1Oc1coc2cc(OCc3c(Cl)cccc3Cl)ccc2c1=O. The topological polar surface area (TPSA) is 57.9 Å². The molecule has 0 aliphatic heterocycles. The Bertz CT molecular complexity index is 1250. The minimum atomic E-state index is -0.303. The van der Waals surface area contributed by atoms with Crippen molar-refractivity contribution in [3.8, 4) is 23.0 Å². The van der Waals surface area contributed by atoms with Crippen molar-refractivity contribution in [2.45, 2.75) is 6.61 Å². The molecule has 0 saturated heterocycles. The highest BCUT2D eigenvalue weighted by Crippen LogP contribution is 2.31. The number of ether oxygens (including phenoxy) is 3. The monoisotopic (exact) mass is 442 g/mol. The normalized spacial score (nSPS) is 10.8. The van der Waals surface area contributed by atoms with E-state index >= 15 is 0 Å². The second-order valence-corrected chi connectivity index (χ2v) is 7.14. The van der Waals surface area contributed by atoms with E-state index in [1.54, 1.807) is 54.6 Å². The van der Waals surface area contributed by atoms with Crippen molar-refractivity contribution in [3.63, 3.8) is 0 Å². The van der Waals surface area contributed by atoms with Crippen LogP contribution in [0.1, 0.15) is 5.56 Å². The van der Waals surface area contributed by atoms with E-state index in [-0.39, 0.29) is 17.8 Å². The van der Waals surface area contributed by atoms with Gasteiger partial charge in [0.1, 0.15) is 24.2 Å². The largest absolute Gasteiger partial charge is 0.493 e. The molecule has 0 spiro atoms. The van der Waals surface area contributed by atoms with E-state index in [4.69, 9.17) is 41.8 Å². The number of hydrogen-bond donors (Lipinski definition) is 0. The maximum Gasteiger partial charge on any atom is 0.235 e. The molecule has 4 aromatic rings. The zero-order chi connectivity index (χ0) is 21.1. The van der Waals surface area contributed by atoms with E-state index in [2.05, 4.69) is 0 Å². The molecule has 5 nitrogen and oxygen atoms in total. The summed E-state index contributed by atoms with van der Waals surface area (Å²) in [6, 6.07) is 17.2. The smallest absolute Gasteiger partial charge is 0.235 e. The maximum atomic E-state index is 12.8. The van der Waals surface area contributed by atoms with Crippen molar-refractivity contribution in [3.05, 3.63) is 92.8 Å². The average molecular weight is 443 g/mol. The van der Waals surface area contributed by atoms with Gasteiger partial charge in [-0.2, -0.15) is 0 Å². The van der Waals surface area contributed by atoms with Gasteiger partial charge in [0.2, 0.25) is 11.2 Å². The van der Waals surface area contributed by atoms with Gasteiger partial charge >= 0.3 is 0 Å². The molecule has 152 valence electrons. The zero-order valence-electron chi connectivity index (χ0n) is 15.9. The molecule has 1 aromatic heterocycles. The number of halogens is 2. The van der Waals surface area contributed by atoms with E-state index in [9.17, 15) is 4.79 Å². The molecule has 0 unspecified atom stereocenters. The molecule has 0 radical (unpaired) electrons. The molecular formula is C23H16Cl2O5. The molecular weight excluding hydrogens is 427 g/mol. The zero-order valence-corrected chi connectivity index (χ0v) is 17.4. The van der Waals surface area contributed by atoms with Gasteiger partial charge in [0.15, 0.2) is 11.5 Å². The van der Waals surface area contributed by atoms with Crippen LogP contribution in [0.3, 0.4) is 0 Å². The molecule has 0 saturated carbocycles. The first-order valence-corrected chi connectivity index (χ1v) is 9.74. The van der Waals surface area contributed by atoms with Crippen molar-refractivity contribution in [2.75, 3.05) is 7.11 Å². The van der Waals surface area contributed by atoms with Gasteiger partial charge in [0, 0.05) is 21.7 Å². The number of methoxy groups -OCH3 is 1. The third kappa shape index (κ3) is 4.08. The minimum absolute atomic E-state index is 0.0588. The van der Waals surface area contributed by atoms with Gasteiger partial charge in [-0.25, -0.2) is 0 Å². The van der Waals surface area contributed by atoms with Gasteiger partial charge in [-0.15, -0.1) is 0 Å². The molecule has 1 heterocycles. The lowest BCUT2D eigenvalue weighted by Crippen LogP contribution is -2.05. The van der Waals surface area contributed by atoms with Crippen LogP contribution in [-0.2, 0) is 6.61 Å². The number of fused-ring (bicyclic) bond motifs is 1. The molecule has 3 aromatic carbocycles. The van der Waals surface area contributed by atoms with E-state index in [1.807, 2.05) is 6.07 Å². The molecule has 4 rings (SSSR count). The number of para-hydroxylation sites is 2. The van der Waals surface area contributed by atoms with Crippen LogP contribution in [-0.4, -0.2) is 7.11 Å². The summed E-state index contributed by atoms with van der Waals surface area (Å²) in [5.74, 6) is 1.51. The van der Waals surface area contributed by atoms with Crippen LogP contribution < -0.4 is 19.6 Å². The fourth-order valence-electron chi connectivity index (χ4n) is 2.90. The minimum Gasteiger partial charge on any atom is -0.493 e. The Morgan fingerprint density at radius 3 is 2.37 bits per heavy atom. The summed E-state index contributed by atoms with van der Waals surface area (Å²) in [4.78, 5) is 12.8. The Morgan fingerprint density at radius 2 is 1.63 bits per heavy atom. The lowest BCUT2D eigenvalue weighted by Gasteiger charge is -2.11. The third-order valence-corrected chi connectivity index (χ3v) is 5.16. The van der Waals surface area contributed by atoms with Crippen LogP contribution in [0.15, 0.2) is 76.1 Å². The highest BCUT2D eigenvalue weighted by Gasteiger charge is 2.13. The van der Waals surface area contributed by atoms with Crippen molar-refractivity contribution < 1.29 is 18.6 Å². The molecule has 0 fully saturated rings. The first kappa shape index (κ1) is 20.1. The Hall–Kier alpha value is -3.15. The van der Waals surface area contributed by atoms with E-state index < -0.39 is 0 Å². The van der Waals surface area contributed by atoms with Crippen molar-refractivity contribution in [1.29, 1.82) is 0 Å². The Balaban J connectivity index is 1.59. The number of benzene rings is 3. The second-order valence-electron chi connectivity index (χ2n) is 6.33. The molecule has 0 amide bonds. The van der Waals surface area contributed by atoms with Crippen LogP contribution in [0, 0.1) is 0 Å². The van der Waals surface area contributed by atoms with Gasteiger partial charge in [-0.1, -0.05) is 41.4 Å². The van der Waals surface area contributed by atoms with E-state index in [0.29, 0.717) is 43.8 Å². The quantitative estimate of drug-likeness (QED) is 0.341. The van der Waals surface area contributed by atoms with E-state index in [0.717, 1.165) is 0 Å². The van der Waals surface area contributed by atoms with Crippen LogP contribution in [0.5, 0.6) is 23.0 Å². The summed E-state index contributed by atoms with van der Waals surface area (Å²) >= 11 is 12.3. The highest BCUT2D eigenvalue weighted by molar-refractivity contribution is 6.35. The van der Waals surface area contributed by atoms with Gasteiger partial charge in [-0.05, 0) is 36.4 Å². The predicted octanol–water partition coefficient (Wildman–Crippen LogP) is 6.48. The van der Waals surface area contributed by atoms with Gasteiger partial charge in [0.05, 0.1) is 12.5 Å². The Labute approximate surface area is 182 Å². The Kier molecular flexibility index (Phi) is 5.84. The fourth-order valence-corrected chi connectivity index (χ4v) is 3.41. The molecule has 0 atom stereocenters. The lowest BCUT2D eigenvalue weighted by molar-refractivity contribution is 0.306. The lowest BCUT2D eigenvalue weighted by atomic mass is 10.2. The van der Waals surface area contributed by atoms with Crippen LogP contribution >= 0.6 is 23.2 Å². The first-order chi connectivity index (χ1) is 14.6. The summed E-state index contributed by atoms with van der Waals surface area (Å²) in [5, 5.41) is 1.41. The van der Waals surface area contributed by atoms with Crippen molar-refractivity contribution in [1.82, 2.24) is 0 Å². The van der Waals surface area contributed by atoms with Crippen LogP contribution in [0.25, 0.3) is 11.0 Å². The van der Waals surface area contributed by atoms with Gasteiger partial charge in [0.25, 0.3) is 0 Å². The van der Waals surface area contributed by atoms with Gasteiger partial charge in [-0.3, -0.25) is 4.79 Å². The molecule has 0 bridgehead atoms. The molecule has 30 heavy (non-hydrogen) atoms. The summed E-state index contributed by atoms with van der Waals surface area (Å²) in [6.07, 6.45) is 1.27. The van der Waals surface area contributed by atoms with Crippen LogP contribution in [0.2, 0.25) is 10.0 Å². The molecule has 0 aliphatic carbocycles. The number of rotatable bonds is 6. The second kappa shape index (κ2) is 8.69. The first-order valence-electron chi connectivity index (χ1n) is 8.99. The van der Waals surface area contributed by atoms with E-state index in [1.165, 1.54) is 13.4 Å². The fraction of sp³-hybridized carbons (Fsp3) is 0.0870. The Morgan fingerprint density at radius 1 is 0.900 bits per heavy atom. The predicted molar refractivity (Wildman–Crippen MR) is 116 cm³/mol. The summed E-state index contributed by atoms with van der Waals surface area (Å²) in [6.45, 7) is 0.184. The van der Waals surface area contributed by atoms with Crippen molar-refractivity contribution in [2.24, 2.45) is 0 Å². The number of hydrogen-bond acceptors (Lipinski definition) is 5. The maximum absolute atomic E-state index is 12.8. The summed E-state index contributed by atoms with van der Waals surface area (Å²) in [7, 11) is 1.53. The third-order valence-electron chi connectivity index (χ3n) is 4.45. The average Bonchev–Trinajstić information content (AvgIpc) is 2.75. The molecule has 7 heteroatoms. The van der Waals surface area contributed by atoms with Gasteiger partial charge < -0.3 is 18.6 Å². The molecule has 0 aliphatic rings. The van der Waals surface area contributed by atoms with Crippen molar-refractivity contribution >= 4 is 34.2 Å². The van der Waals surface area contributed by atoms with Crippen LogP contribution in [0.4, 0.5) is 0 Å².